The molecule has 5 heteroatoms. The molecule has 0 saturated heterocycles. The Kier molecular flexibility index (Phi) is 6.71. The highest BCUT2D eigenvalue weighted by Gasteiger charge is 2.04. The Hall–Kier alpha value is -2.45. The van der Waals surface area contributed by atoms with Crippen LogP contribution < -0.4 is 4.74 Å². The predicted octanol–water partition coefficient (Wildman–Crippen LogP) is 4.11. The molecule has 1 atom stereocenters. The van der Waals surface area contributed by atoms with E-state index < -0.39 is 5.97 Å². The SMILES string of the molecule is CC(C#N)c1ccc(SCCOc2cccc(CC(=O)O)c2)cc1. The predicted molar refractivity (Wildman–Crippen MR) is 94.5 cm³/mol. The van der Waals surface area contributed by atoms with Crippen molar-refractivity contribution in [2.75, 3.05) is 12.4 Å². The van der Waals surface area contributed by atoms with Gasteiger partial charge in [-0.25, -0.2) is 0 Å². The van der Waals surface area contributed by atoms with Crippen molar-refractivity contribution in [2.24, 2.45) is 0 Å². The van der Waals surface area contributed by atoms with Crippen molar-refractivity contribution < 1.29 is 14.6 Å². The molecule has 0 spiro atoms. The molecule has 0 heterocycles. The lowest BCUT2D eigenvalue weighted by Gasteiger charge is -2.08. The monoisotopic (exact) mass is 341 g/mol. The van der Waals surface area contributed by atoms with E-state index in [-0.39, 0.29) is 12.3 Å². The summed E-state index contributed by atoms with van der Waals surface area (Å²) in [5, 5.41) is 17.7. The van der Waals surface area contributed by atoms with Crippen LogP contribution in [0.3, 0.4) is 0 Å². The third-order valence-corrected chi connectivity index (χ3v) is 4.42. The summed E-state index contributed by atoms with van der Waals surface area (Å²) < 4.78 is 5.67. The van der Waals surface area contributed by atoms with Gasteiger partial charge in [0.15, 0.2) is 0 Å². The third-order valence-electron chi connectivity index (χ3n) is 3.45. The fourth-order valence-electron chi connectivity index (χ4n) is 2.17. The molecule has 1 N–H and O–H groups in total. The van der Waals surface area contributed by atoms with E-state index in [1.54, 1.807) is 30.0 Å². The van der Waals surface area contributed by atoms with Gasteiger partial charge in [0, 0.05) is 10.6 Å². The third kappa shape index (κ3) is 5.64. The second-order valence-corrected chi connectivity index (χ2v) is 6.50. The zero-order chi connectivity index (χ0) is 17.4. The van der Waals surface area contributed by atoms with Crippen molar-refractivity contribution in [3.05, 3.63) is 59.7 Å². The number of ether oxygens (including phenoxy) is 1. The number of nitriles is 1. The van der Waals surface area contributed by atoms with E-state index in [1.165, 1.54) is 0 Å². The van der Waals surface area contributed by atoms with E-state index in [2.05, 4.69) is 6.07 Å². The number of hydrogen-bond acceptors (Lipinski definition) is 4. The molecule has 0 amide bonds. The van der Waals surface area contributed by atoms with Gasteiger partial charge in [0.1, 0.15) is 5.75 Å². The topological polar surface area (TPSA) is 70.3 Å². The molecule has 0 aliphatic heterocycles. The molecule has 1 unspecified atom stereocenters. The second-order valence-electron chi connectivity index (χ2n) is 5.33. The molecular formula is C19H19NO3S. The minimum Gasteiger partial charge on any atom is -0.493 e. The van der Waals surface area contributed by atoms with Crippen LogP contribution in [0.15, 0.2) is 53.4 Å². The van der Waals surface area contributed by atoms with Gasteiger partial charge in [0.25, 0.3) is 0 Å². The number of carboxylic acid groups (broad SMARTS) is 1. The van der Waals surface area contributed by atoms with Crippen LogP contribution in [0.25, 0.3) is 0 Å². The molecule has 0 radical (unpaired) electrons. The summed E-state index contributed by atoms with van der Waals surface area (Å²) in [6, 6.07) is 17.4. The number of nitrogens with zero attached hydrogens (tertiary/aromatic N) is 1. The smallest absolute Gasteiger partial charge is 0.307 e. The molecule has 2 rings (SSSR count). The number of rotatable bonds is 8. The number of thioether (sulfide) groups is 1. The maximum absolute atomic E-state index is 10.7. The largest absolute Gasteiger partial charge is 0.493 e. The normalized spacial score (nSPS) is 11.5. The molecule has 0 aliphatic carbocycles. The Morgan fingerprint density at radius 2 is 2.04 bits per heavy atom. The van der Waals surface area contributed by atoms with Crippen molar-refractivity contribution in [1.82, 2.24) is 0 Å². The van der Waals surface area contributed by atoms with Gasteiger partial charge < -0.3 is 9.84 Å². The molecule has 0 aromatic heterocycles. The molecule has 0 fully saturated rings. The van der Waals surface area contributed by atoms with Gasteiger partial charge in [0.2, 0.25) is 0 Å². The van der Waals surface area contributed by atoms with E-state index in [1.807, 2.05) is 37.3 Å². The summed E-state index contributed by atoms with van der Waals surface area (Å²) in [4.78, 5) is 11.9. The average Bonchev–Trinajstić information content (AvgIpc) is 2.58. The Morgan fingerprint density at radius 3 is 2.71 bits per heavy atom. The number of aliphatic carboxylic acids is 1. The van der Waals surface area contributed by atoms with Crippen molar-refractivity contribution in [1.29, 1.82) is 5.26 Å². The van der Waals surface area contributed by atoms with Gasteiger partial charge >= 0.3 is 5.97 Å². The Balaban J connectivity index is 1.79. The summed E-state index contributed by atoms with van der Waals surface area (Å²) >= 11 is 1.68. The second kappa shape index (κ2) is 8.99. The fourth-order valence-corrected chi connectivity index (χ4v) is 2.90. The average molecular weight is 341 g/mol. The van der Waals surface area contributed by atoms with Gasteiger partial charge in [-0.3, -0.25) is 4.79 Å². The Morgan fingerprint density at radius 1 is 1.29 bits per heavy atom. The van der Waals surface area contributed by atoms with Crippen LogP contribution in [0.4, 0.5) is 0 Å². The maximum atomic E-state index is 10.7. The first-order valence-electron chi connectivity index (χ1n) is 7.64. The number of carbonyl (C=O) groups is 1. The summed E-state index contributed by atoms with van der Waals surface area (Å²) in [6.07, 6.45) is -0.000577. The van der Waals surface area contributed by atoms with Crippen LogP contribution in [0.2, 0.25) is 0 Å². The van der Waals surface area contributed by atoms with Gasteiger partial charge in [-0.2, -0.15) is 5.26 Å². The van der Waals surface area contributed by atoms with Crippen LogP contribution in [0, 0.1) is 11.3 Å². The molecule has 124 valence electrons. The zero-order valence-electron chi connectivity index (χ0n) is 13.4. The zero-order valence-corrected chi connectivity index (χ0v) is 14.3. The van der Waals surface area contributed by atoms with Gasteiger partial charge in [-0.1, -0.05) is 24.3 Å². The molecule has 24 heavy (non-hydrogen) atoms. The highest BCUT2D eigenvalue weighted by atomic mass is 32.2. The van der Waals surface area contributed by atoms with Crippen molar-refractivity contribution in [3.8, 4) is 11.8 Å². The van der Waals surface area contributed by atoms with E-state index in [9.17, 15) is 4.79 Å². The van der Waals surface area contributed by atoms with Crippen molar-refractivity contribution in [2.45, 2.75) is 24.2 Å². The molecule has 4 nitrogen and oxygen atoms in total. The minimum atomic E-state index is -0.850. The molecule has 2 aromatic carbocycles. The van der Waals surface area contributed by atoms with Crippen molar-refractivity contribution in [3.63, 3.8) is 0 Å². The lowest BCUT2D eigenvalue weighted by Crippen LogP contribution is -2.02. The van der Waals surface area contributed by atoms with E-state index in [0.29, 0.717) is 12.4 Å². The quantitative estimate of drug-likeness (QED) is 0.578. The molecular weight excluding hydrogens is 322 g/mol. The molecule has 0 saturated carbocycles. The standard InChI is InChI=1S/C19H19NO3S/c1-14(13-20)16-5-7-18(8-6-16)24-10-9-23-17-4-2-3-15(11-17)12-19(21)22/h2-8,11,14H,9-10,12H2,1H3,(H,21,22). The van der Waals surface area contributed by atoms with Crippen molar-refractivity contribution >= 4 is 17.7 Å². The Bertz CT molecular complexity index is 722. The number of carboxylic acids is 1. The van der Waals surface area contributed by atoms with E-state index in [0.717, 1.165) is 21.8 Å². The summed E-state index contributed by atoms with van der Waals surface area (Å²) in [6.45, 7) is 2.42. The van der Waals surface area contributed by atoms with Crippen LogP contribution in [0.5, 0.6) is 5.75 Å². The lowest BCUT2D eigenvalue weighted by atomic mass is 10.0. The first-order valence-corrected chi connectivity index (χ1v) is 8.63. The minimum absolute atomic E-state index is 0.000577. The molecule has 0 bridgehead atoms. The van der Waals surface area contributed by atoms with Gasteiger partial charge in [0.05, 0.1) is 25.0 Å². The lowest BCUT2D eigenvalue weighted by molar-refractivity contribution is -0.136. The van der Waals surface area contributed by atoms with Crippen LogP contribution in [-0.2, 0) is 11.2 Å². The summed E-state index contributed by atoms with van der Waals surface area (Å²) in [5.41, 5.74) is 1.75. The summed E-state index contributed by atoms with van der Waals surface area (Å²) in [5.74, 6) is 0.533. The fraction of sp³-hybridized carbons (Fsp3) is 0.263. The first-order chi connectivity index (χ1) is 11.6. The van der Waals surface area contributed by atoms with Crippen LogP contribution in [0.1, 0.15) is 24.0 Å². The number of benzene rings is 2. The van der Waals surface area contributed by atoms with E-state index >= 15 is 0 Å². The number of hydrogen-bond donors (Lipinski definition) is 1. The van der Waals surface area contributed by atoms with Crippen LogP contribution in [-0.4, -0.2) is 23.4 Å². The molecule has 2 aromatic rings. The maximum Gasteiger partial charge on any atom is 0.307 e. The Labute approximate surface area is 146 Å². The highest BCUT2D eigenvalue weighted by Crippen LogP contribution is 2.22. The van der Waals surface area contributed by atoms with E-state index in [4.69, 9.17) is 15.1 Å². The van der Waals surface area contributed by atoms with Crippen LogP contribution >= 0.6 is 11.8 Å². The highest BCUT2D eigenvalue weighted by molar-refractivity contribution is 7.99. The van der Waals surface area contributed by atoms with Gasteiger partial charge in [-0.15, -0.1) is 11.8 Å². The van der Waals surface area contributed by atoms with Gasteiger partial charge in [-0.05, 0) is 42.3 Å². The molecule has 0 aliphatic rings. The summed E-state index contributed by atoms with van der Waals surface area (Å²) in [7, 11) is 0. The first kappa shape index (κ1) is 17.9.